The third-order valence-corrected chi connectivity index (χ3v) is 3.04. The number of amides is 1. The molecule has 0 saturated carbocycles. The van der Waals surface area contributed by atoms with Gasteiger partial charge in [0.1, 0.15) is 0 Å². The average Bonchev–Trinajstić information content (AvgIpc) is 2.26. The number of carbonyl (C=O) groups excluding carboxylic acids is 1. The van der Waals surface area contributed by atoms with E-state index in [-0.39, 0.29) is 30.3 Å². The molecular weight excluding hydrogens is 240 g/mol. The van der Waals surface area contributed by atoms with Crippen molar-refractivity contribution < 1.29 is 9.90 Å². The van der Waals surface area contributed by atoms with Gasteiger partial charge < -0.3 is 15.7 Å². The van der Waals surface area contributed by atoms with E-state index in [4.69, 9.17) is 0 Å². The fraction of sp³-hybridized carbons (Fsp3) is 0.917. The lowest BCUT2D eigenvalue weighted by molar-refractivity contribution is -0.125. The van der Waals surface area contributed by atoms with Gasteiger partial charge in [-0.25, -0.2) is 0 Å². The molecule has 0 aromatic rings. The molecule has 1 aliphatic heterocycles. The van der Waals surface area contributed by atoms with Crippen molar-refractivity contribution in [2.75, 3.05) is 19.6 Å². The van der Waals surface area contributed by atoms with Crippen molar-refractivity contribution in [2.45, 2.75) is 39.2 Å². The highest BCUT2D eigenvalue weighted by Crippen LogP contribution is 2.10. The first kappa shape index (κ1) is 16.7. The molecule has 3 unspecified atom stereocenters. The molecular formula is C12H25ClN2O2. The maximum atomic E-state index is 11.8. The number of piperidine rings is 1. The molecule has 3 atom stereocenters. The summed E-state index contributed by atoms with van der Waals surface area (Å²) >= 11 is 0. The smallest absolute Gasteiger partial charge is 0.224 e. The maximum absolute atomic E-state index is 11.8. The Bertz CT molecular complexity index is 219. The van der Waals surface area contributed by atoms with Gasteiger partial charge in [0.2, 0.25) is 5.91 Å². The van der Waals surface area contributed by atoms with Crippen LogP contribution in [-0.2, 0) is 4.79 Å². The van der Waals surface area contributed by atoms with E-state index in [1.807, 2.05) is 6.92 Å². The summed E-state index contributed by atoms with van der Waals surface area (Å²) in [5.74, 6) is 0.623. The minimum atomic E-state index is -0.289. The molecule has 1 amide bonds. The van der Waals surface area contributed by atoms with Crippen LogP contribution in [0.5, 0.6) is 0 Å². The molecule has 1 aliphatic rings. The van der Waals surface area contributed by atoms with Crippen LogP contribution in [0.1, 0.15) is 33.1 Å². The fourth-order valence-electron chi connectivity index (χ4n) is 2.16. The largest absolute Gasteiger partial charge is 0.393 e. The minimum absolute atomic E-state index is 0. The van der Waals surface area contributed by atoms with Gasteiger partial charge in [-0.1, -0.05) is 6.92 Å². The lowest BCUT2D eigenvalue weighted by Gasteiger charge is -2.23. The van der Waals surface area contributed by atoms with Crippen molar-refractivity contribution >= 4 is 18.3 Å². The van der Waals surface area contributed by atoms with Gasteiger partial charge in [0, 0.05) is 13.1 Å². The number of hydrogen-bond donors (Lipinski definition) is 3. The number of carbonyl (C=O) groups is 1. The van der Waals surface area contributed by atoms with E-state index in [0.29, 0.717) is 12.5 Å². The number of aliphatic hydroxyl groups is 1. The normalized spacial score (nSPS) is 23.4. The Morgan fingerprint density at radius 2 is 2.24 bits per heavy atom. The Kier molecular flexibility index (Phi) is 8.56. The standard InChI is InChI=1S/C12H24N2O2.ClH/c1-9(6-10(2)15)7-14-12(16)11-4-3-5-13-8-11;/h9-11,13,15H,3-8H2,1-2H3,(H,14,16);1H. The summed E-state index contributed by atoms with van der Waals surface area (Å²) in [6, 6.07) is 0. The van der Waals surface area contributed by atoms with Crippen molar-refractivity contribution in [3.8, 4) is 0 Å². The second-order valence-corrected chi connectivity index (χ2v) is 4.98. The van der Waals surface area contributed by atoms with Gasteiger partial charge in [0.25, 0.3) is 0 Å². The molecule has 17 heavy (non-hydrogen) atoms. The molecule has 0 spiro atoms. The topological polar surface area (TPSA) is 61.4 Å². The summed E-state index contributed by atoms with van der Waals surface area (Å²) in [5, 5.41) is 15.4. The molecule has 0 aromatic carbocycles. The zero-order valence-corrected chi connectivity index (χ0v) is 11.6. The highest BCUT2D eigenvalue weighted by molar-refractivity contribution is 5.85. The zero-order valence-electron chi connectivity index (χ0n) is 10.7. The van der Waals surface area contributed by atoms with Crippen molar-refractivity contribution in [1.82, 2.24) is 10.6 Å². The van der Waals surface area contributed by atoms with Crippen LogP contribution in [0.2, 0.25) is 0 Å². The summed E-state index contributed by atoms with van der Waals surface area (Å²) in [5.41, 5.74) is 0. The molecule has 0 bridgehead atoms. The van der Waals surface area contributed by atoms with Crippen molar-refractivity contribution in [3.05, 3.63) is 0 Å². The number of rotatable bonds is 5. The number of halogens is 1. The van der Waals surface area contributed by atoms with Gasteiger partial charge in [-0.15, -0.1) is 12.4 Å². The number of hydrogen-bond acceptors (Lipinski definition) is 3. The maximum Gasteiger partial charge on any atom is 0.224 e. The molecule has 102 valence electrons. The first-order chi connectivity index (χ1) is 7.59. The zero-order chi connectivity index (χ0) is 12.0. The summed E-state index contributed by atoms with van der Waals surface area (Å²) < 4.78 is 0. The monoisotopic (exact) mass is 264 g/mol. The molecule has 1 heterocycles. The van der Waals surface area contributed by atoms with Gasteiger partial charge in [-0.05, 0) is 38.6 Å². The van der Waals surface area contributed by atoms with E-state index in [0.717, 1.165) is 32.4 Å². The van der Waals surface area contributed by atoms with Crippen molar-refractivity contribution in [3.63, 3.8) is 0 Å². The van der Waals surface area contributed by atoms with Gasteiger partial charge in [-0.2, -0.15) is 0 Å². The summed E-state index contributed by atoms with van der Waals surface area (Å²) in [6.45, 7) is 6.33. The van der Waals surface area contributed by atoms with Gasteiger partial charge >= 0.3 is 0 Å². The van der Waals surface area contributed by atoms with Gasteiger partial charge in [-0.3, -0.25) is 4.79 Å². The van der Waals surface area contributed by atoms with Gasteiger partial charge in [0.05, 0.1) is 12.0 Å². The van der Waals surface area contributed by atoms with Crippen LogP contribution < -0.4 is 10.6 Å². The Morgan fingerprint density at radius 3 is 2.76 bits per heavy atom. The average molecular weight is 265 g/mol. The molecule has 1 rings (SSSR count). The minimum Gasteiger partial charge on any atom is -0.393 e. The van der Waals surface area contributed by atoms with E-state index < -0.39 is 0 Å². The van der Waals surface area contributed by atoms with Gasteiger partial charge in [0.15, 0.2) is 0 Å². The second kappa shape index (κ2) is 8.72. The highest BCUT2D eigenvalue weighted by Gasteiger charge is 2.20. The number of aliphatic hydroxyl groups excluding tert-OH is 1. The Hall–Kier alpha value is -0.320. The van der Waals surface area contributed by atoms with Crippen LogP contribution in [0.4, 0.5) is 0 Å². The highest BCUT2D eigenvalue weighted by atomic mass is 35.5. The Labute approximate surface area is 110 Å². The molecule has 3 N–H and O–H groups in total. The Balaban J connectivity index is 0.00000256. The predicted octanol–water partition coefficient (Wildman–Crippen LogP) is 0.931. The van der Waals surface area contributed by atoms with E-state index in [1.54, 1.807) is 6.92 Å². The third-order valence-electron chi connectivity index (χ3n) is 3.04. The second-order valence-electron chi connectivity index (χ2n) is 4.98. The van der Waals surface area contributed by atoms with Crippen LogP contribution in [-0.4, -0.2) is 36.8 Å². The SMILES string of the molecule is CC(O)CC(C)CNC(=O)C1CCCNC1.Cl. The van der Waals surface area contributed by atoms with E-state index in [2.05, 4.69) is 10.6 Å². The molecule has 0 aromatic heterocycles. The first-order valence-electron chi connectivity index (χ1n) is 6.26. The molecule has 0 aliphatic carbocycles. The lowest BCUT2D eigenvalue weighted by Crippen LogP contribution is -2.41. The molecule has 1 saturated heterocycles. The van der Waals surface area contributed by atoms with E-state index in [1.165, 1.54) is 0 Å². The fourth-order valence-corrected chi connectivity index (χ4v) is 2.16. The summed E-state index contributed by atoms with van der Waals surface area (Å²) in [7, 11) is 0. The van der Waals surface area contributed by atoms with Crippen LogP contribution >= 0.6 is 12.4 Å². The van der Waals surface area contributed by atoms with Crippen molar-refractivity contribution in [1.29, 1.82) is 0 Å². The van der Waals surface area contributed by atoms with E-state index >= 15 is 0 Å². The quantitative estimate of drug-likeness (QED) is 0.692. The Morgan fingerprint density at radius 1 is 1.53 bits per heavy atom. The molecule has 4 nitrogen and oxygen atoms in total. The van der Waals surface area contributed by atoms with Crippen LogP contribution in [0, 0.1) is 11.8 Å². The van der Waals surface area contributed by atoms with Crippen molar-refractivity contribution in [2.24, 2.45) is 11.8 Å². The summed E-state index contributed by atoms with van der Waals surface area (Å²) in [6.07, 6.45) is 2.52. The molecule has 1 fully saturated rings. The first-order valence-corrected chi connectivity index (χ1v) is 6.26. The third kappa shape index (κ3) is 6.86. The van der Waals surface area contributed by atoms with Crippen LogP contribution in [0.25, 0.3) is 0 Å². The molecule has 5 heteroatoms. The van der Waals surface area contributed by atoms with Crippen LogP contribution in [0.15, 0.2) is 0 Å². The van der Waals surface area contributed by atoms with Crippen LogP contribution in [0.3, 0.4) is 0 Å². The van der Waals surface area contributed by atoms with E-state index in [9.17, 15) is 9.90 Å². The molecule has 0 radical (unpaired) electrons. The lowest BCUT2D eigenvalue weighted by atomic mass is 9.98. The summed E-state index contributed by atoms with van der Waals surface area (Å²) in [4.78, 5) is 11.8. The predicted molar refractivity (Wildman–Crippen MR) is 71.3 cm³/mol. The number of nitrogens with one attached hydrogen (secondary N) is 2.